The largest absolute Gasteiger partial charge is 0.494 e. The number of benzene rings is 2. The molecule has 1 N–H and O–H groups in total. The Kier molecular flexibility index (Phi) is 5.96. The molecule has 0 bridgehead atoms. The Bertz CT molecular complexity index is 1120. The number of esters is 1. The molecule has 2 aliphatic heterocycles. The molecule has 0 radical (unpaired) electrons. The van der Waals surface area contributed by atoms with E-state index in [9.17, 15) is 20.0 Å². The molecule has 2 atom stereocenters. The quantitative estimate of drug-likeness (QED) is 0.696. The number of fused-ring (bicyclic) bond motifs is 1. The average Bonchev–Trinajstić information content (AvgIpc) is 3.18. The second-order valence-corrected chi connectivity index (χ2v) is 8.46. The van der Waals surface area contributed by atoms with Gasteiger partial charge in [0.25, 0.3) is 0 Å². The van der Waals surface area contributed by atoms with Crippen LogP contribution in [-0.2, 0) is 15.3 Å². The summed E-state index contributed by atoms with van der Waals surface area (Å²) in [7, 11) is 1.31. The van der Waals surface area contributed by atoms with Gasteiger partial charge in [0.1, 0.15) is 5.75 Å². The third-order valence-corrected chi connectivity index (χ3v) is 6.90. The molecule has 7 nitrogen and oxygen atoms in total. The number of thioether (sulfide) groups is 1. The Balaban J connectivity index is 1.69. The summed E-state index contributed by atoms with van der Waals surface area (Å²) in [6, 6.07) is 16.0. The molecule has 2 aromatic rings. The Labute approximate surface area is 190 Å². The lowest BCUT2D eigenvalue weighted by molar-refractivity contribution is -0.149. The number of rotatable bonds is 5. The van der Waals surface area contributed by atoms with Crippen molar-refractivity contribution < 1.29 is 24.2 Å². The van der Waals surface area contributed by atoms with Crippen LogP contribution < -0.4 is 4.74 Å². The highest BCUT2D eigenvalue weighted by Crippen LogP contribution is 2.51. The number of hydrogen-bond acceptors (Lipinski definition) is 7. The third kappa shape index (κ3) is 3.64. The topological polar surface area (TPSA) is 99.9 Å². The van der Waals surface area contributed by atoms with Gasteiger partial charge in [-0.05, 0) is 36.8 Å². The highest BCUT2D eigenvalue weighted by Gasteiger charge is 2.51. The zero-order chi connectivity index (χ0) is 22.9. The van der Waals surface area contributed by atoms with Gasteiger partial charge in [-0.25, -0.2) is 4.79 Å². The average molecular weight is 451 g/mol. The minimum atomic E-state index is -1.54. The fourth-order valence-electron chi connectivity index (χ4n) is 4.08. The van der Waals surface area contributed by atoms with Crippen molar-refractivity contribution in [3.63, 3.8) is 0 Å². The first-order valence-corrected chi connectivity index (χ1v) is 11.2. The molecule has 2 unspecified atom stereocenters. The monoisotopic (exact) mass is 450 g/mol. The normalized spacial score (nSPS) is 22.4. The number of carbonyl (C=O) groups is 2. The summed E-state index contributed by atoms with van der Waals surface area (Å²) in [6.07, 6.45) is 0.0455. The fourth-order valence-corrected chi connectivity index (χ4v) is 5.44. The van der Waals surface area contributed by atoms with Gasteiger partial charge in [0, 0.05) is 17.9 Å². The van der Waals surface area contributed by atoms with Crippen molar-refractivity contribution in [3.05, 3.63) is 75.8 Å². The Hall–Kier alpha value is -3.28. The van der Waals surface area contributed by atoms with Crippen molar-refractivity contribution in [1.82, 2.24) is 4.90 Å². The standard InChI is InChI=1S/C24H22N2O5S/c1-3-31-18-10-8-17(9-11-18)24(29)14-32-22-20(13-25)19(12-21(27)26(22)24)15-4-6-16(7-5-15)23(28)30-2/h4-11,19,29H,3,12,14H2,1-2H3. The predicted octanol–water partition coefficient (Wildman–Crippen LogP) is 3.52. The number of methoxy groups -OCH3 is 1. The molecular weight excluding hydrogens is 428 g/mol. The molecule has 2 heterocycles. The predicted molar refractivity (Wildman–Crippen MR) is 119 cm³/mol. The first kappa shape index (κ1) is 21.9. The van der Waals surface area contributed by atoms with Crippen LogP contribution in [0.2, 0.25) is 0 Å². The van der Waals surface area contributed by atoms with E-state index in [4.69, 9.17) is 9.47 Å². The number of amides is 1. The maximum atomic E-state index is 13.2. The van der Waals surface area contributed by atoms with Crippen LogP contribution in [0.3, 0.4) is 0 Å². The number of aliphatic hydroxyl groups is 1. The Morgan fingerprint density at radius 3 is 2.53 bits per heavy atom. The van der Waals surface area contributed by atoms with Gasteiger partial charge in [-0.2, -0.15) is 5.26 Å². The number of ether oxygens (including phenoxy) is 2. The number of allylic oxidation sites excluding steroid dienone is 1. The summed E-state index contributed by atoms with van der Waals surface area (Å²) in [5.74, 6) is -0.253. The van der Waals surface area contributed by atoms with Crippen molar-refractivity contribution in [2.75, 3.05) is 19.5 Å². The molecule has 0 aliphatic carbocycles. The van der Waals surface area contributed by atoms with E-state index < -0.39 is 17.6 Å². The van der Waals surface area contributed by atoms with E-state index in [1.54, 1.807) is 48.5 Å². The molecule has 4 rings (SSSR count). The molecule has 0 aromatic heterocycles. The van der Waals surface area contributed by atoms with E-state index in [-0.39, 0.29) is 18.1 Å². The van der Waals surface area contributed by atoms with Gasteiger partial charge in [-0.3, -0.25) is 9.69 Å². The zero-order valence-electron chi connectivity index (χ0n) is 17.7. The Morgan fingerprint density at radius 1 is 1.25 bits per heavy atom. The number of carbonyl (C=O) groups excluding carboxylic acids is 2. The number of nitriles is 1. The van der Waals surface area contributed by atoms with Gasteiger partial charge in [-0.15, -0.1) is 11.8 Å². The summed E-state index contributed by atoms with van der Waals surface area (Å²) in [6.45, 7) is 2.42. The van der Waals surface area contributed by atoms with Crippen LogP contribution in [0.25, 0.3) is 0 Å². The van der Waals surface area contributed by atoms with Gasteiger partial charge >= 0.3 is 5.97 Å². The fraction of sp³-hybridized carbons (Fsp3) is 0.292. The van der Waals surface area contributed by atoms with Crippen molar-refractivity contribution in [2.45, 2.75) is 25.0 Å². The van der Waals surface area contributed by atoms with Crippen LogP contribution in [0, 0.1) is 11.3 Å². The lowest BCUT2D eigenvalue weighted by atomic mass is 9.85. The highest BCUT2D eigenvalue weighted by atomic mass is 32.2. The molecule has 1 amide bonds. The molecule has 0 saturated carbocycles. The summed E-state index contributed by atoms with van der Waals surface area (Å²) < 4.78 is 10.2. The van der Waals surface area contributed by atoms with Crippen LogP contribution in [0.4, 0.5) is 0 Å². The molecule has 1 fully saturated rings. The molecule has 32 heavy (non-hydrogen) atoms. The summed E-state index contributed by atoms with van der Waals surface area (Å²) in [5.41, 5.74) is 0.610. The Morgan fingerprint density at radius 2 is 1.94 bits per heavy atom. The van der Waals surface area contributed by atoms with Gasteiger partial charge < -0.3 is 14.6 Å². The molecule has 8 heteroatoms. The van der Waals surface area contributed by atoms with E-state index >= 15 is 0 Å². The first-order valence-electron chi connectivity index (χ1n) is 10.2. The van der Waals surface area contributed by atoms with Gasteiger partial charge in [0.05, 0.1) is 41.7 Å². The summed E-state index contributed by atoms with van der Waals surface area (Å²) >= 11 is 1.30. The lowest BCUT2D eigenvalue weighted by Crippen LogP contribution is -2.48. The molecule has 1 saturated heterocycles. The van der Waals surface area contributed by atoms with Crippen LogP contribution in [-0.4, -0.2) is 41.4 Å². The van der Waals surface area contributed by atoms with E-state index in [0.29, 0.717) is 34.1 Å². The minimum absolute atomic E-state index is 0.0455. The van der Waals surface area contributed by atoms with Crippen molar-refractivity contribution >= 4 is 23.6 Å². The van der Waals surface area contributed by atoms with Crippen LogP contribution in [0.15, 0.2) is 59.1 Å². The molecule has 0 spiro atoms. The van der Waals surface area contributed by atoms with Crippen molar-refractivity contribution in [3.8, 4) is 11.8 Å². The van der Waals surface area contributed by atoms with Gasteiger partial charge in [-0.1, -0.05) is 24.3 Å². The first-order chi connectivity index (χ1) is 15.4. The van der Waals surface area contributed by atoms with Crippen LogP contribution in [0.1, 0.15) is 40.7 Å². The smallest absolute Gasteiger partial charge is 0.337 e. The molecule has 164 valence electrons. The van der Waals surface area contributed by atoms with E-state index in [2.05, 4.69) is 6.07 Å². The molecule has 2 aromatic carbocycles. The van der Waals surface area contributed by atoms with Crippen LogP contribution >= 0.6 is 11.8 Å². The third-order valence-electron chi connectivity index (χ3n) is 5.67. The maximum absolute atomic E-state index is 13.2. The maximum Gasteiger partial charge on any atom is 0.337 e. The van der Waals surface area contributed by atoms with Gasteiger partial charge in [0.15, 0.2) is 5.72 Å². The van der Waals surface area contributed by atoms with Crippen molar-refractivity contribution in [1.29, 1.82) is 5.26 Å². The van der Waals surface area contributed by atoms with Crippen LogP contribution in [0.5, 0.6) is 5.75 Å². The summed E-state index contributed by atoms with van der Waals surface area (Å²) in [5, 5.41) is 21.9. The highest BCUT2D eigenvalue weighted by molar-refractivity contribution is 8.03. The second-order valence-electron chi connectivity index (χ2n) is 7.49. The van der Waals surface area contributed by atoms with E-state index in [1.165, 1.54) is 23.8 Å². The number of nitrogens with zero attached hydrogens (tertiary/aromatic N) is 2. The number of hydrogen-bond donors (Lipinski definition) is 1. The SMILES string of the molecule is CCOc1ccc(C2(O)CSC3=C(C#N)C(c4ccc(C(=O)OC)cc4)CC(=O)N32)cc1. The molecule has 2 aliphatic rings. The van der Waals surface area contributed by atoms with E-state index in [1.807, 2.05) is 6.92 Å². The minimum Gasteiger partial charge on any atom is -0.494 e. The van der Waals surface area contributed by atoms with Gasteiger partial charge in [0.2, 0.25) is 5.91 Å². The zero-order valence-corrected chi connectivity index (χ0v) is 18.5. The van der Waals surface area contributed by atoms with E-state index in [0.717, 1.165) is 5.56 Å². The summed E-state index contributed by atoms with van der Waals surface area (Å²) in [4.78, 5) is 26.3. The molecular formula is C24H22N2O5S. The lowest BCUT2D eigenvalue weighted by Gasteiger charge is -2.38. The second kappa shape index (κ2) is 8.69. The van der Waals surface area contributed by atoms with Crippen molar-refractivity contribution in [2.24, 2.45) is 0 Å².